The number of anilines is 1. The Kier molecular flexibility index (Phi) is 6.67. The molecular formula is C18H21ClN2O3S2. The maximum Gasteiger partial charge on any atom is 0.226 e. The first kappa shape index (κ1) is 19.3. The minimum Gasteiger partial charge on any atom is -0.302 e. The highest BCUT2D eigenvalue weighted by atomic mass is 35.5. The molecule has 8 heteroatoms. The third-order valence-corrected chi connectivity index (χ3v) is 6.50. The third-order valence-electron chi connectivity index (χ3n) is 4.86. The average Bonchev–Trinajstić information content (AvgIpc) is 3.28. The smallest absolute Gasteiger partial charge is 0.226 e. The number of nitrogens with one attached hydrogen (secondary N) is 1. The molecule has 3 rings (SSSR count). The average molecular weight is 413 g/mol. The Morgan fingerprint density at radius 2 is 2.12 bits per heavy atom. The Balaban J connectivity index is 1.79. The highest BCUT2D eigenvalue weighted by Gasteiger charge is 2.29. The lowest BCUT2D eigenvalue weighted by Crippen LogP contribution is -2.20. The van der Waals surface area contributed by atoms with Gasteiger partial charge in [0.05, 0.1) is 5.75 Å². The number of benzene rings is 1. The summed E-state index contributed by atoms with van der Waals surface area (Å²) < 4.78 is 21.9. The predicted octanol–water partition coefficient (Wildman–Crippen LogP) is 4.21. The molecule has 0 spiro atoms. The first-order chi connectivity index (χ1) is 12.5. The van der Waals surface area contributed by atoms with Crippen LogP contribution in [-0.4, -0.2) is 19.3 Å². The summed E-state index contributed by atoms with van der Waals surface area (Å²) in [6.45, 7) is 0. The van der Waals surface area contributed by atoms with Gasteiger partial charge in [-0.3, -0.25) is 4.79 Å². The largest absolute Gasteiger partial charge is 0.302 e. The number of halogens is 1. The minimum atomic E-state index is -2.52. The highest BCUT2D eigenvalue weighted by Crippen LogP contribution is 2.40. The normalized spacial score (nSPS) is 16.1. The minimum absolute atomic E-state index is 0.0558. The fraction of sp³-hybridized carbons (Fsp3) is 0.444. The summed E-state index contributed by atoms with van der Waals surface area (Å²) in [6, 6.07) is 5.51. The fourth-order valence-electron chi connectivity index (χ4n) is 3.63. The number of rotatable bonds is 7. The molecule has 26 heavy (non-hydrogen) atoms. The molecule has 1 aliphatic rings. The van der Waals surface area contributed by atoms with E-state index in [9.17, 15) is 13.2 Å². The third kappa shape index (κ3) is 5.05. The maximum absolute atomic E-state index is 12.5. The molecule has 1 aliphatic carbocycles. The van der Waals surface area contributed by atoms with Gasteiger partial charge in [0.15, 0.2) is 5.13 Å². The standard InChI is InChI=1S/C18H21ClN2O3S2/c19-16-9-13(5-6-14(16)11-26(23)24)15(12-3-1-2-4-12)10-17(22)21-18-20-7-8-25-18/h5-9,12,15,26H,1-4,10-11H2,(H,20,21,22)/t15-/m1/s1. The van der Waals surface area contributed by atoms with Crippen LogP contribution in [0.25, 0.3) is 0 Å². The zero-order valence-corrected chi connectivity index (χ0v) is 16.7. The molecule has 1 saturated carbocycles. The van der Waals surface area contributed by atoms with Crippen LogP contribution in [-0.2, 0) is 21.3 Å². The van der Waals surface area contributed by atoms with Crippen LogP contribution in [0.4, 0.5) is 5.13 Å². The number of amides is 1. The topological polar surface area (TPSA) is 76.1 Å². The summed E-state index contributed by atoms with van der Waals surface area (Å²) in [5.41, 5.74) is 1.60. The number of carbonyl (C=O) groups is 1. The van der Waals surface area contributed by atoms with E-state index in [4.69, 9.17) is 11.6 Å². The van der Waals surface area contributed by atoms with Crippen molar-refractivity contribution in [3.05, 3.63) is 45.9 Å². The van der Waals surface area contributed by atoms with Crippen molar-refractivity contribution in [3.8, 4) is 0 Å². The molecule has 140 valence electrons. The molecule has 1 fully saturated rings. The molecule has 1 N–H and O–H groups in total. The Labute approximate surface area is 163 Å². The van der Waals surface area contributed by atoms with Crippen molar-refractivity contribution in [2.45, 2.75) is 43.8 Å². The van der Waals surface area contributed by atoms with E-state index in [-0.39, 0.29) is 17.6 Å². The second kappa shape index (κ2) is 8.97. The van der Waals surface area contributed by atoms with E-state index in [2.05, 4.69) is 10.3 Å². The molecule has 0 saturated heterocycles. The molecule has 1 heterocycles. The SMILES string of the molecule is O=C(C[C@@H](c1ccc(C[SH](=O)=O)c(Cl)c1)C1CCCC1)Nc1nccs1. The second-order valence-electron chi connectivity index (χ2n) is 6.58. The van der Waals surface area contributed by atoms with Gasteiger partial charge in [-0.2, -0.15) is 0 Å². The second-order valence-corrected chi connectivity index (χ2v) is 8.87. The van der Waals surface area contributed by atoms with Gasteiger partial charge in [-0.1, -0.05) is 36.6 Å². The summed E-state index contributed by atoms with van der Waals surface area (Å²) in [7, 11) is -2.52. The van der Waals surface area contributed by atoms with Crippen molar-refractivity contribution in [1.29, 1.82) is 0 Å². The Hall–Kier alpha value is -1.44. The van der Waals surface area contributed by atoms with Crippen molar-refractivity contribution >= 4 is 44.7 Å². The molecule has 1 aromatic heterocycles. The quantitative estimate of drug-likeness (QED) is 0.668. The number of carbonyl (C=O) groups excluding carboxylic acids is 1. The van der Waals surface area contributed by atoms with Gasteiger partial charge in [0, 0.05) is 23.0 Å². The number of nitrogens with zero attached hydrogens (tertiary/aromatic N) is 1. The van der Waals surface area contributed by atoms with E-state index >= 15 is 0 Å². The van der Waals surface area contributed by atoms with E-state index < -0.39 is 10.7 Å². The number of thiol groups is 1. The van der Waals surface area contributed by atoms with Gasteiger partial charge in [-0.15, -0.1) is 11.3 Å². The lowest BCUT2D eigenvalue weighted by atomic mass is 9.82. The van der Waals surface area contributed by atoms with Gasteiger partial charge >= 0.3 is 0 Å². The Morgan fingerprint density at radius 3 is 2.73 bits per heavy atom. The van der Waals surface area contributed by atoms with E-state index in [1.807, 2.05) is 17.5 Å². The van der Waals surface area contributed by atoms with E-state index in [1.165, 1.54) is 24.2 Å². The number of thiazole rings is 1. The monoisotopic (exact) mass is 412 g/mol. The molecular weight excluding hydrogens is 392 g/mol. The van der Waals surface area contributed by atoms with Crippen molar-refractivity contribution in [2.75, 3.05) is 5.32 Å². The van der Waals surface area contributed by atoms with Gasteiger partial charge in [0.25, 0.3) is 0 Å². The number of hydrogen-bond donors (Lipinski definition) is 2. The maximum atomic E-state index is 12.5. The van der Waals surface area contributed by atoms with Gasteiger partial charge in [0.2, 0.25) is 5.91 Å². The van der Waals surface area contributed by atoms with Crippen molar-refractivity contribution in [1.82, 2.24) is 4.98 Å². The van der Waals surface area contributed by atoms with Crippen LogP contribution < -0.4 is 5.32 Å². The molecule has 5 nitrogen and oxygen atoms in total. The lowest BCUT2D eigenvalue weighted by molar-refractivity contribution is -0.116. The molecule has 0 bridgehead atoms. The van der Waals surface area contributed by atoms with Gasteiger partial charge in [-0.05, 0) is 41.9 Å². The lowest BCUT2D eigenvalue weighted by Gasteiger charge is -2.24. The number of aromatic nitrogens is 1. The van der Waals surface area contributed by atoms with Crippen molar-refractivity contribution in [3.63, 3.8) is 0 Å². The molecule has 0 radical (unpaired) electrons. The van der Waals surface area contributed by atoms with Gasteiger partial charge in [-0.25, -0.2) is 13.4 Å². The van der Waals surface area contributed by atoms with Crippen LogP contribution >= 0.6 is 22.9 Å². The number of hydrogen-bond acceptors (Lipinski definition) is 5. The van der Waals surface area contributed by atoms with Crippen LogP contribution in [0, 0.1) is 5.92 Å². The summed E-state index contributed by atoms with van der Waals surface area (Å²) in [5.74, 6) is 0.396. The Morgan fingerprint density at radius 1 is 1.35 bits per heavy atom. The van der Waals surface area contributed by atoms with E-state index in [0.29, 0.717) is 28.1 Å². The van der Waals surface area contributed by atoms with Crippen LogP contribution in [0.5, 0.6) is 0 Å². The van der Waals surface area contributed by atoms with Crippen LogP contribution in [0.1, 0.15) is 49.1 Å². The first-order valence-electron chi connectivity index (χ1n) is 8.62. The van der Waals surface area contributed by atoms with Gasteiger partial charge < -0.3 is 5.32 Å². The van der Waals surface area contributed by atoms with Crippen LogP contribution in [0.2, 0.25) is 5.02 Å². The zero-order chi connectivity index (χ0) is 18.5. The Bertz CT molecular complexity index is 823. The summed E-state index contributed by atoms with van der Waals surface area (Å²) >= 11 is 7.69. The summed E-state index contributed by atoms with van der Waals surface area (Å²) in [6.07, 6.45) is 6.58. The van der Waals surface area contributed by atoms with Crippen molar-refractivity contribution < 1.29 is 13.2 Å². The van der Waals surface area contributed by atoms with Crippen LogP contribution in [0.15, 0.2) is 29.8 Å². The van der Waals surface area contributed by atoms with Gasteiger partial charge in [0.1, 0.15) is 10.7 Å². The molecule has 1 atom stereocenters. The van der Waals surface area contributed by atoms with Crippen molar-refractivity contribution in [2.24, 2.45) is 5.92 Å². The molecule has 2 aromatic rings. The summed E-state index contributed by atoms with van der Waals surface area (Å²) in [4.78, 5) is 16.6. The zero-order valence-electron chi connectivity index (χ0n) is 14.2. The molecule has 1 aromatic carbocycles. The summed E-state index contributed by atoms with van der Waals surface area (Å²) in [5, 5.41) is 5.73. The van der Waals surface area contributed by atoms with Crippen LogP contribution in [0.3, 0.4) is 0 Å². The molecule has 1 amide bonds. The highest BCUT2D eigenvalue weighted by molar-refractivity contribution is 7.71. The van der Waals surface area contributed by atoms with E-state index in [1.54, 1.807) is 12.3 Å². The van der Waals surface area contributed by atoms with E-state index in [0.717, 1.165) is 18.4 Å². The fourth-order valence-corrected chi connectivity index (χ4v) is 5.08. The predicted molar refractivity (Wildman–Crippen MR) is 106 cm³/mol. The molecule has 0 unspecified atom stereocenters. The first-order valence-corrected chi connectivity index (χ1v) is 11.2. The molecule has 0 aliphatic heterocycles.